The molecule has 1 heterocycles. The SMILES string of the molecule is O=C(O)c1cccc(NC2SC(=O)N(c3ccccc3)C2=O)c1. The molecule has 2 aromatic carbocycles. The molecule has 2 amide bonds. The molecule has 0 saturated carbocycles. The Hall–Kier alpha value is -2.80. The molecule has 6 nitrogen and oxygen atoms in total. The molecule has 2 aromatic rings. The average molecular weight is 328 g/mol. The zero-order valence-corrected chi connectivity index (χ0v) is 12.6. The van der Waals surface area contributed by atoms with E-state index in [1.165, 1.54) is 12.1 Å². The van der Waals surface area contributed by atoms with Gasteiger partial charge in [-0.15, -0.1) is 0 Å². The minimum absolute atomic E-state index is 0.108. The number of para-hydroxylation sites is 1. The van der Waals surface area contributed by atoms with Gasteiger partial charge in [0.05, 0.1) is 11.3 Å². The molecule has 0 aliphatic carbocycles. The van der Waals surface area contributed by atoms with Crippen molar-refractivity contribution in [2.24, 2.45) is 0 Å². The van der Waals surface area contributed by atoms with Gasteiger partial charge >= 0.3 is 5.97 Å². The molecule has 2 N–H and O–H groups in total. The topological polar surface area (TPSA) is 86.7 Å². The Kier molecular flexibility index (Phi) is 4.03. The minimum Gasteiger partial charge on any atom is -0.478 e. The largest absolute Gasteiger partial charge is 0.478 e. The van der Waals surface area contributed by atoms with Gasteiger partial charge in [0.15, 0.2) is 5.37 Å². The van der Waals surface area contributed by atoms with Crippen LogP contribution in [0.2, 0.25) is 0 Å². The second kappa shape index (κ2) is 6.13. The third-order valence-corrected chi connectivity index (χ3v) is 4.21. The Labute approximate surface area is 136 Å². The number of carboxylic acids is 1. The summed E-state index contributed by atoms with van der Waals surface area (Å²) in [4.78, 5) is 36.6. The number of carbonyl (C=O) groups excluding carboxylic acids is 2. The lowest BCUT2D eigenvalue weighted by molar-refractivity contribution is -0.116. The highest BCUT2D eigenvalue weighted by Crippen LogP contribution is 2.32. The van der Waals surface area contributed by atoms with Crippen LogP contribution in [-0.4, -0.2) is 27.6 Å². The van der Waals surface area contributed by atoms with Crippen LogP contribution in [0.15, 0.2) is 54.6 Å². The third kappa shape index (κ3) is 3.04. The number of thioether (sulfide) groups is 1. The molecule has 116 valence electrons. The van der Waals surface area contributed by atoms with Gasteiger partial charge in [-0.1, -0.05) is 24.3 Å². The van der Waals surface area contributed by atoms with E-state index in [0.717, 1.165) is 16.7 Å². The van der Waals surface area contributed by atoms with E-state index in [1.807, 2.05) is 0 Å². The van der Waals surface area contributed by atoms with Crippen LogP contribution < -0.4 is 10.2 Å². The molecule has 0 radical (unpaired) electrons. The van der Waals surface area contributed by atoms with E-state index in [1.54, 1.807) is 42.5 Å². The second-order valence-corrected chi connectivity index (χ2v) is 5.86. The smallest absolute Gasteiger partial charge is 0.335 e. The maximum Gasteiger partial charge on any atom is 0.335 e. The molecule has 3 rings (SSSR count). The molecule has 0 spiro atoms. The first kappa shape index (κ1) is 15.1. The van der Waals surface area contributed by atoms with E-state index in [4.69, 9.17) is 5.11 Å². The Morgan fingerprint density at radius 3 is 2.52 bits per heavy atom. The standard InChI is InChI=1S/C16H12N2O4S/c19-14-13(17-11-6-4-5-10(9-11)15(20)21)23-16(22)18(14)12-7-2-1-3-8-12/h1-9,13,17H,(H,20,21). The highest BCUT2D eigenvalue weighted by Gasteiger charge is 2.40. The van der Waals surface area contributed by atoms with E-state index in [0.29, 0.717) is 11.4 Å². The van der Waals surface area contributed by atoms with Gasteiger partial charge in [-0.05, 0) is 42.1 Å². The summed E-state index contributed by atoms with van der Waals surface area (Å²) in [6.07, 6.45) is 0. The van der Waals surface area contributed by atoms with Crippen molar-refractivity contribution < 1.29 is 19.5 Å². The van der Waals surface area contributed by atoms with Crippen LogP contribution >= 0.6 is 11.8 Å². The number of hydrogen-bond donors (Lipinski definition) is 2. The van der Waals surface area contributed by atoms with Gasteiger partial charge < -0.3 is 10.4 Å². The van der Waals surface area contributed by atoms with E-state index in [2.05, 4.69) is 5.32 Å². The Morgan fingerprint density at radius 2 is 1.83 bits per heavy atom. The molecule has 23 heavy (non-hydrogen) atoms. The normalized spacial score (nSPS) is 17.4. The predicted octanol–water partition coefficient (Wildman–Crippen LogP) is 3.02. The number of anilines is 2. The van der Waals surface area contributed by atoms with Gasteiger partial charge in [0.2, 0.25) is 0 Å². The number of hydrogen-bond acceptors (Lipinski definition) is 5. The van der Waals surface area contributed by atoms with Crippen LogP contribution in [0, 0.1) is 0 Å². The fraction of sp³-hybridized carbons (Fsp3) is 0.0625. The van der Waals surface area contributed by atoms with Gasteiger partial charge in [0.1, 0.15) is 0 Å². The maximum atomic E-state index is 12.4. The summed E-state index contributed by atoms with van der Waals surface area (Å²) in [5.74, 6) is -1.44. The highest BCUT2D eigenvalue weighted by molar-refractivity contribution is 8.16. The van der Waals surface area contributed by atoms with Gasteiger partial charge in [-0.2, -0.15) is 0 Å². The number of carboxylic acid groups (broad SMARTS) is 1. The molecular weight excluding hydrogens is 316 g/mol. The fourth-order valence-electron chi connectivity index (χ4n) is 2.21. The Morgan fingerprint density at radius 1 is 1.09 bits per heavy atom. The van der Waals surface area contributed by atoms with E-state index in [-0.39, 0.29) is 16.7 Å². The third-order valence-electron chi connectivity index (χ3n) is 3.27. The molecule has 1 saturated heterocycles. The predicted molar refractivity (Wildman–Crippen MR) is 87.7 cm³/mol. The summed E-state index contributed by atoms with van der Waals surface area (Å²) in [6, 6.07) is 14.8. The highest BCUT2D eigenvalue weighted by atomic mass is 32.2. The zero-order valence-electron chi connectivity index (χ0n) is 11.8. The lowest BCUT2D eigenvalue weighted by Crippen LogP contribution is -2.34. The molecule has 1 atom stereocenters. The van der Waals surface area contributed by atoms with Crippen molar-refractivity contribution >= 4 is 40.3 Å². The van der Waals surface area contributed by atoms with Gasteiger partial charge in [-0.3, -0.25) is 9.59 Å². The van der Waals surface area contributed by atoms with Crippen LogP contribution in [0.3, 0.4) is 0 Å². The van der Waals surface area contributed by atoms with Crippen LogP contribution in [-0.2, 0) is 4.79 Å². The number of rotatable bonds is 4. The monoisotopic (exact) mass is 328 g/mol. The first-order valence-corrected chi connectivity index (χ1v) is 7.64. The first-order valence-electron chi connectivity index (χ1n) is 6.76. The fourth-order valence-corrected chi connectivity index (χ4v) is 3.11. The van der Waals surface area contributed by atoms with E-state index < -0.39 is 11.3 Å². The lowest BCUT2D eigenvalue weighted by Gasteiger charge is -2.15. The summed E-state index contributed by atoms with van der Waals surface area (Å²) in [5, 5.41) is 10.7. The number of aromatic carboxylic acids is 1. The second-order valence-electron chi connectivity index (χ2n) is 4.80. The van der Waals surface area contributed by atoms with Gasteiger partial charge in [0.25, 0.3) is 11.1 Å². The number of nitrogens with zero attached hydrogens (tertiary/aromatic N) is 1. The van der Waals surface area contributed by atoms with Crippen molar-refractivity contribution in [2.45, 2.75) is 5.37 Å². The Bertz CT molecular complexity index is 779. The van der Waals surface area contributed by atoms with E-state index in [9.17, 15) is 14.4 Å². The molecule has 1 aliphatic rings. The van der Waals surface area contributed by atoms with Crippen molar-refractivity contribution in [3.63, 3.8) is 0 Å². The number of imide groups is 1. The molecule has 7 heteroatoms. The van der Waals surface area contributed by atoms with Crippen molar-refractivity contribution in [1.29, 1.82) is 0 Å². The summed E-state index contributed by atoms with van der Waals surface area (Å²) in [7, 11) is 0. The van der Waals surface area contributed by atoms with Crippen molar-refractivity contribution in [3.05, 3.63) is 60.2 Å². The summed E-state index contributed by atoms with van der Waals surface area (Å²) >= 11 is 0.865. The van der Waals surface area contributed by atoms with E-state index >= 15 is 0 Å². The summed E-state index contributed by atoms with van der Waals surface area (Å²) in [6.45, 7) is 0. The quantitative estimate of drug-likeness (QED) is 0.897. The molecule has 1 aliphatic heterocycles. The van der Waals surface area contributed by atoms with Crippen molar-refractivity contribution in [3.8, 4) is 0 Å². The van der Waals surface area contributed by atoms with Crippen LogP contribution in [0.5, 0.6) is 0 Å². The molecule has 0 aromatic heterocycles. The van der Waals surface area contributed by atoms with Crippen LogP contribution in [0.25, 0.3) is 0 Å². The number of carbonyl (C=O) groups is 3. The zero-order chi connectivity index (χ0) is 16.4. The number of benzene rings is 2. The minimum atomic E-state index is -1.05. The first-order chi connectivity index (χ1) is 11.1. The van der Waals surface area contributed by atoms with Gasteiger partial charge in [-0.25, -0.2) is 9.69 Å². The number of amides is 2. The molecule has 1 unspecified atom stereocenters. The van der Waals surface area contributed by atoms with Gasteiger partial charge in [0, 0.05) is 5.69 Å². The molecule has 1 fully saturated rings. The summed E-state index contributed by atoms with van der Waals surface area (Å²) in [5.41, 5.74) is 1.09. The van der Waals surface area contributed by atoms with Crippen LogP contribution in [0.1, 0.15) is 10.4 Å². The summed E-state index contributed by atoms with van der Waals surface area (Å²) < 4.78 is 0. The van der Waals surface area contributed by atoms with Crippen molar-refractivity contribution in [2.75, 3.05) is 10.2 Å². The number of nitrogens with one attached hydrogen (secondary N) is 1. The van der Waals surface area contributed by atoms with Crippen molar-refractivity contribution in [1.82, 2.24) is 0 Å². The molecular formula is C16H12N2O4S. The lowest BCUT2D eigenvalue weighted by atomic mass is 10.2. The average Bonchev–Trinajstić information content (AvgIpc) is 2.82. The Balaban J connectivity index is 1.80. The maximum absolute atomic E-state index is 12.4. The molecule has 0 bridgehead atoms. The van der Waals surface area contributed by atoms with Crippen LogP contribution in [0.4, 0.5) is 16.2 Å².